The molecule has 0 aliphatic heterocycles. The number of anilines is 1. The molecular formula is C14H16F2N2O3. The van der Waals surface area contributed by atoms with Crippen molar-refractivity contribution in [2.75, 3.05) is 12.4 Å². The molecule has 1 atom stereocenters. The Balaban J connectivity index is 2.11. The van der Waals surface area contributed by atoms with E-state index < -0.39 is 29.1 Å². The second kappa shape index (κ2) is 6.17. The van der Waals surface area contributed by atoms with Crippen LogP contribution in [-0.4, -0.2) is 25.0 Å². The zero-order valence-corrected chi connectivity index (χ0v) is 11.5. The zero-order chi connectivity index (χ0) is 15.6. The van der Waals surface area contributed by atoms with Crippen LogP contribution in [0.3, 0.4) is 0 Å². The summed E-state index contributed by atoms with van der Waals surface area (Å²) in [4.78, 5) is 23.1. The van der Waals surface area contributed by atoms with Gasteiger partial charge in [0.2, 0.25) is 5.91 Å². The van der Waals surface area contributed by atoms with Gasteiger partial charge in [0.05, 0.1) is 18.4 Å². The Hall–Kier alpha value is -2.02. The summed E-state index contributed by atoms with van der Waals surface area (Å²) in [6.07, 6.45) is 2.03. The van der Waals surface area contributed by atoms with Crippen molar-refractivity contribution in [3.05, 3.63) is 29.3 Å². The van der Waals surface area contributed by atoms with Crippen molar-refractivity contribution in [2.45, 2.75) is 25.3 Å². The Morgan fingerprint density at radius 1 is 1.38 bits per heavy atom. The highest BCUT2D eigenvalue weighted by atomic mass is 19.1. The van der Waals surface area contributed by atoms with E-state index >= 15 is 0 Å². The number of rotatable bonds is 5. The van der Waals surface area contributed by atoms with Crippen LogP contribution in [0, 0.1) is 17.6 Å². The van der Waals surface area contributed by atoms with Crippen molar-refractivity contribution >= 4 is 17.6 Å². The Morgan fingerprint density at radius 3 is 2.62 bits per heavy atom. The molecule has 0 bridgehead atoms. The molecule has 1 aliphatic carbocycles. The standard InChI is InChI=1S/C14H16F2N2O3/c1-21-14(20)8-4-12(10(16)5-9(8)15)18-13(19)6-11(17)7-2-3-7/h4-5,7,11H,2-3,6,17H2,1H3,(H,18,19). The smallest absolute Gasteiger partial charge is 0.340 e. The first-order chi connectivity index (χ1) is 9.92. The van der Waals surface area contributed by atoms with Gasteiger partial charge in [0.25, 0.3) is 0 Å². The molecule has 21 heavy (non-hydrogen) atoms. The molecule has 1 aliphatic rings. The largest absolute Gasteiger partial charge is 0.465 e. The molecule has 3 N–H and O–H groups in total. The van der Waals surface area contributed by atoms with Crippen LogP contribution >= 0.6 is 0 Å². The van der Waals surface area contributed by atoms with Crippen LogP contribution in [0.2, 0.25) is 0 Å². The van der Waals surface area contributed by atoms with Crippen molar-refractivity contribution in [3.63, 3.8) is 0 Å². The molecule has 0 saturated heterocycles. The van der Waals surface area contributed by atoms with Crippen LogP contribution in [0.15, 0.2) is 12.1 Å². The van der Waals surface area contributed by atoms with E-state index in [9.17, 15) is 18.4 Å². The monoisotopic (exact) mass is 298 g/mol. The molecule has 1 unspecified atom stereocenters. The van der Waals surface area contributed by atoms with Crippen LogP contribution in [-0.2, 0) is 9.53 Å². The lowest BCUT2D eigenvalue weighted by molar-refractivity contribution is -0.116. The summed E-state index contributed by atoms with van der Waals surface area (Å²) in [7, 11) is 1.08. The van der Waals surface area contributed by atoms with Gasteiger partial charge < -0.3 is 15.8 Å². The fourth-order valence-electron chi connectivity index (χ4n) is 2.02. The molecule has 1 aromatic rings. The highest BCUT2D eigenvalue weighted by molar-refractivity contribution is 5.95. The summed E-state index contributed by atoms with van der Waals surface area (Å²) in [6, 6.07) is 1.17. The van der Waals surface area contributed by atoms with Gasteiger partial charge in [0.1, 0.15) is 11.6 Å². The third-order valence-corrected chi connectivity index (χ3v) is 3.38. The second-order valence-electron chi connectivity index (χ2n) is 5.06. The number of nitrogens with two attached hydrogens (primary N) is 1. The summed E-state index contributed by atoms with van der Waals surface area (Å²) < 4.78 is 31.5. The van der Waals surface area contributed by atoms with E-state index in [1.807, 2.05) is 0 Å². The lowest BCUT2D eigenvalue weighted by atomic mass is 10.1. The molecule has 1 amide bonds. The Kier molecular flexibility index (Phi) is 4.52. The first kappa shape index (κ1) is 15.4. The van der Waals surface area contributed by atoms with Gasteiger partial charge >= 0.3 is 5.97 Å². The van der Waals surface area contributed by atoms with Crippen molar-refractivity contribution in [3.8, 4) is 0 Å². The minimum Gasteiger partial charge on any atom is -0.465 e. The minimum absolute atomic E-state index is 0.0506. The summed E-state index contributed by atoms with van der Waals surface area (Å²) in [5.74, 6) is -3.10. The van der Waals surface area contributed by atoms with Crippen molar-refractivity contribution < 1.29 is 23.1 Å². The zero-order valence-electron chi connectivity index (χ0n) is 11.5. The highest BCUT2D eigenvalue weighted by Crippen LogP contribution is 2.33. The fraction of sp³-hybridized carbons (Fsp3) is 0.429. The lowest BCUT2D eigenvalue weighted by Gasteiger charge is -2.12. The number of halogens is 2. The number of hydrogen-bond donors (Lipinski definition) is 2. The summed E-state index contributed by atoms with van der Waals surface area (Å²) in [5.41, 5.74) is 5.09. The van der Waals surface area contributed by atoms with Gasteiger partial charge in [-0.1, -0.05) is 0 Å². The van der Waals surface area contributed by atoms with Crippen LogP contribution in [0.25, 0.3) is 0 Å². The number of amides is 1. The van der Waals surface area contributed by atoms with Crippen molar-refractivity contribution in [2.24, 2.45) is 11.7 Å². The SMILES string of the molecule is COC(=O)c1cc(NC(=O)CC(N)C2CC2)c(F)cc1F. The summed E-state index contributed by atoms with van der Waals surface area (Å²) in [5, 5.41) is 2.30. The van der Waals surface area contributed by atoms with Gasteiger partial charge in [0.15, 0.2) is 0 Å². The van der Waals surface area contributed by atoms with Gasteiger partial charge in [-0.15, -0.1) is 0 Å². The maximum Gasteiger partial charge on any atom is 0.340 e. The van der Waals surface area contributed by atoms with Crippen LogP contribution in [0.4, 0.5) is 14.5 Å². The normalized spacial score (nSPS) is 15.4. The van der Waals surface area contributed by atoms with Crippen LogP contribution in [0.5, 0.6) is 0 Å². The maximum absolute atomic E-state index is 13.6. The van der Waals surface area contributed by atoms with Crippen LogP contribution in [0.1, 0.15) is 29.6 Å². The first-order valence-corrected chi connectivity index (χ1v) is 6.55. The van der Waals surface area contributed by atoms with E-state index in [4.69, 9.17) is 5.73 Å². The quantitative estimate of drug-likeness (QED) is 0.812. The van der Waals surface area contributed by atoms with E-state index in [1.54, 1.807) is 0 Å². The Labute approximate surface area is 120 Å². The Morgan fingerprint density at radius 2 is 2.05 bits per heavy atom. The second-order valence-corrected chi connectivity index (χ2v) is 5.06. The highest BCUT2D eigenvalue weighted by Gasteiger charge is 2.30. The first-order valence-electron chi connectivity index (χ1n) is 6.55. The number of nitrogens with one attached hydrogen (secondary N) is 1. The molecule has 5 nitrogen and oxygen atoms in total. The topological polar surface area (TPSA) is 81.4 Å². The molecule has 1 saturated carbocycles. The number of benzene rings is 1. The molecule has 2 rings (SSSR count). The van der Waals surface area contributed by atoms with Gasteiger partial charge in [-0.05, 0) is 24.8 Å². The van der Waals surface area contributed by atoms with Gasteiger partial charge in [0, 0.05) is 18.5 Å². The molecule has 114 valence electrons. The van der Waals surface area contributed by atoms with Crippen LogP contribution < -0.4 is 11.1 Å². The summed E-state index contributed by atoms with van der Waals surface area (Å²) in [6.45, 7) is 0. The van der Waals surface area contributed by atoms with E-state index in [2.05, 4.69) is 10.1 Å². The van der Waals surface area contributed by atoms with Gasteiger partial charge in [-0.3, -0.25) is 4.79 Å². The molecule has 7 heteroatoms. The van der Waals surface area contributed by atoms with E-state index in [-0.39, 0.29) is 18.2 Å². The number of carbonyl (C=O) groups is 2. The molecule has 1 fully saturated rings. The fourth-order valence-corrected chi connectivity index (χ4v) is 2.02. The average Bonchev–Trinajstić information content (AvgIpc) is 3.25. The van der Waals surface area contributed by atoms with Gasteiger partial charge in [-0.2, -0.15) is 0 Å². The molecule has 0 aromatic heterocycles. The average molecular weight is 298 g/mol. The molecule has 1 aromatic carbocycles. The molecule has 0 heterocycles. The number of esters is 1. The number of carbonyl (C=O) groups excluding carboxylic acids is 2. The Bertz CT molecular complexity index is 574. The maximum atomic E-state index is 13.6. The molecule has 0 spiro atoms. The van der Waals surface area contributed by atoms with E-state index in [0.717, 1.165) is 26.0 Å². The molecule has 0 radical (unpaired) electrons. The van der Waals surface area contributed by atoms with Crippen molar-refractivity contribution in [1.29, 1.82) is 0 Å². The number of methoxy groups -OCH3 is 1. The predicted octanol–water partition coefficient (Wildman–Crippen LogP) is 1.82. The van der Waals surface area contributed by atoms with Crippen molar-refractivity contribution in [1.82, 2.24) is 0 Å². The number of hydrogen-bond acceptors (Lipinski definition) is 4. The van der Waals surface area contributed by atoms with Gasteiger partial charge in [-0.25, -0.2) is 13.6 Å². The third-order valence-electron chi connectivity index (χ3n) is 3.38. The third kappa shape index (κ3) is 3.75. The number of ether oxygens (including phenoxy) is 1. The summed E-state index contributed by atoms with van der Waals surface area (Å²) >= 11 is 0. The minimum atomic E-state index is -1.05. The predicted molar refractivity (Wildman–Crippen MR) is 71.6 cm³/mol. The van der Waals surface area contributed by atoms with E-state index in [1.165, 1.54) is 0 Å². The lowest BCUT2D eigenvalue weighted by Crippen LogP contribution is -2.29. The molecular weight excluding hydrogens is 282 g/mol. The van der Waals surface area contributed by atoms with E-state index in [0.29, 0.717) is 12.0 Å².